The Hall–Kier alpha value is -2.07. The summed E-state index contributed by atoms with van der Waals surface area (Å²) in [6.07, 6.45) is 2.39. The number of benzene rings is 1. The summed E-state index contributed by atoms with van der Waals surface area (Å²) < 4.78 is 5.26. The third-order valence-corrected chi connectivity index (χ3v) is 3.96. The van der Waals surface area contributed by atoms with E-state index < -0.39 is 0 Å². The van der Waals surface area contributed by atoms with Crippen LogP contribution in [-0.4, -0.2) is 17.4 Å². The summed E-state index contributed by atoms with van der Waals surface area (Å²) in [5.41, 5.74) is 8.66. The molecule has 1 amide bonds. The molecular weight excluding hydrogens is 252 g/mol. The highest BCUT2D eigenvalue weighted by Crippen LogP contribution is 2.30. The standard InChI is InChI=1S/C16H18N2O2/c1-11-15-5-3-2-4-12(15)6-7-18(11)16(19)13-8-14(9-17)20-10-13/h2-5,8,10-11H,6-7,9,17H2,1H3. The summed E-state index contributed by atoms with van der Waals surface area (Å²) in [5.74, 6) is 0.647. The number of hydrogen-bond acceptors (Lipinski definition) is 3. The van der Waals surface area contributed by atoms with Gasteiger partial charge in [-0.25, -0.2) is 0 Å². The van der Waals surface area contributed by atoms with E-state index in [1.165, 1.54) is 17.4 Å². The van der Waals surface area contributed by atoms with E-state index >= 15 is 0 Å². The van der Waals surface area contributed by atoms with Crippen molar-refractivity contribution in [2.75, 3.05) is 6.54 Å². The van der Waals surface area contributed by atoms with Crippen molar-refractivity contribution in [3.8, 4) is 0 Å². The van der Waals surface area contributed by atoms with Gasteiger partial charge in [-0.15, -0.1) is 0 Å². The monoisotopic (exact) mass is 270 g/mol. The normalized spacial score (nSPS) is 17.9. The number of rotatable bonds is 2. The molecule has 0 aliphatic carbocycles. The molecule has 0 bridgehead atoms. The first-order valence-corrected chi connectivity index (χ1v) is 6.87. The number of furan rings is 1. The minimum Gasteiger partial charge on any atom is -0.467 e. The molecule has 2 N–H and O–H groups in total. The molecular formula is C16H18N2O2. The van der Waals surface area contributed by atoms with Crippen molar-refractivity contribution in [1.29, 1.82) is 0 Å². The maximum atomic E-state index is 12.6. The van der Waals surface area contributed by atoms with Crippen molar-refractivity contribution >= 4 is 5.91 Å². The van der Waals surface area contributed by atoms with Gasteiger partial charge in [-0.05, 0) is 30.5 Å². The van der Waals surface area contributed by atoms with Gasteiger partial charge in [-0.1, -0.05) is 24.3 Å². The van der Waals surface area contributed by atoms with Gasteiger partial charge >= 0.3 is 0 Å². The van der Waals surface area contributed by atoms with Crippen LogP contribution < -0.4 is 5.73 Å². The fourth-order valence-corrected chi connectivity index (χ4v) is 2.81. The van der Waals surface area contributed by atoms with E-state index in [4.69, 9.17) is 10.2 Å². The van der Waals surface area contributed by atoms with Gasteiger partial charge in [0.05, 0.1) is 18.2 Å². The van der Waals surface area contributed by atoms with Crippen molar-refractivity contribution in [3.63, 3.8) is 0 Å². The minimum atomic E-state index is 0.00968. The molecule has 0 saturated heterocycles. The van der Waals surface area contributed by atoms with E-state index in [0.29, 0.717) is 17.9 Å². The molecule has 1 aliphatic heterocycles. The summed E-state index contributed by atoms with van der Waals surface area (Å²) in [6, 6.07) is 10.1. The van der Waals surface area contributed by atoms with E-state index in [1.807, 2.05) is 17.0 Å². The van der Waals surface area contributed by atoms with Crippen LogP contribution >= 0.6 is 0 Å². The van der Waals surface area contributed by atoms with Crippen LogP contribution in [0.5, 0.6) is 0 Å². The SMILES string of the molecule is CC1c2ccccc2CCN1C(=O)c1coc(CN)c1. The van der Waals surface area contributed by atoms with Gasteiger partial charge in [-0.2, -0.15) is 0 Å². The zero-order valence-electron chi connectivity index (χ0n) is 11.5. The predicted octanol–water partition coefficient (Wildman–Crippen LogP) is 2.50. The van der Waals surface area contributed by atoms with Gasteiger partial charge in [-0.3, -0.25) is 4.79 Å². The molecule has 20 heavy (non-hydrogen) atoms. The van der Waals surface area contributed by atoms with Gasteiger partial charge in [0.25, 0.3) is 5.91 Å². The smallest absolute Gasteiger partial charge is 0.257 e. The predicted molar refractivity (Wildman–Crippen MR) is 76.2 cm³/mol. The molecule has 3 rings (SSSR count). The molecule has 2 heterocycles. The summed E-state index contributed by atoms with van der Waals surface area (Å²) in [7, 11) is 0. The summed E-state index contributed by atoms with van der Waals surface area (Å²) >= 11 is 0. The van der Waals surface area contributed by atoms with Crippen LogP contribution in [0.3, 0.4) is 0 Å². The van der Waals surface area contributed by atoms with Crippen LogP contribution in [0.1, 0.15) is 40.2 Å². The zero-order chi connectivity index (χ0) is 14.1. The van der Waals surface area contributed by atoms with Gasteiger partial charge in [0.15, 0.2) is 0 Å². The maximum Gasteiger partial charge on any atom is 0.257 e. The molecule has 0 spiro atoms. The third-order valence-electron chi connectivity index (χ3n) is 3.96. The summed E-state index contributed by atoms with van der Waals surface area (Å²) in [5, 5.41) is 0. The summed E-state index contributed by atoms with van der Waals surface area (Å²) in [6.45, 7) is 3.12. The largest absolute Gasteiger partial charge is 0.467 e. The zero-order valence-corrected chi connectivity index (χ0v) is 11.5. The van der Waals surface area contributed by atoms with Gasteiger partial charge in [0.1, 0.15) is 12.0 Å². The molecule has 1 atom stereocenters. The van der Waals surface area contributed by atoms with Crippen molar-refractivity contribution in [3.05, 3.63) is 59.0 Å². The van der Waals surface area contributed by atoms with Crippen LogP contribution in [0.25, 0.3) is 0 Å². The molecule has 4 nitrogen and oxygen atoms in total. The van der Waals surface area contributed by atoms with E-state index in [-0.39, 0.29) is 11.9 Å². The second-order valence-corrected chi connectivity index (χ2v) is 5.13. The molecule has 1 unspecified atom stereocenters. The quantitative estimate of drug-likeness (QED) is 0.912. The number of nitrogens with two attached hydrogens (primary N) is 1. The van der Waals surface area contributed by atoms with Gasteiger partial charge < -0.3 is 15.1 Å². The Bertz CT molecular complexity index is 633. The number of nitrogens with zero attached hydrogens (tertiary/aromatic N) is 1. The van der Waals surface area contributed by atoms with Crippen molar-refractivity contribution < 1.29 is 9.21 Å². The molecule has 0 saturated carbocycles. The lowest BCUT2D eigenvalue weighted by molar-refractivity contribution is 0.0677. The highest BCUT2D eigenvalue weighted by Gasteiger charge is 2.28. The highest BCUT2D eigenvalue weighted by molar-refractivity contribution is 5.94. The van der Waals surface area contributed by atoms with Crippen LogP contribution in [0.4, 0.5) is 0 Å². The third kappa shape index (κ3) is 2.12. The van der Waals surface area contributed by atoms with E-state index in [0.717, 1.165) is 13.0 Å². The lowest BCUT2D eigenvalue weighted by Gasteiger charge is -2.35. The molecule has 4 heteroatoms. The molecule has 0 radical (unpaired) electrons. The molecule has 104 valence electrons. The average molecular weight is 270 g/mol. The van der Waals surface area contributed by atoms with E-state index in [1.54, 1.807) is 6.07 Å². The molecule has 0 fully saturated rings. The van der Waals surface area contributed by atoms with Crippen LogP contribution in [-0.2, 0) is 13.0 Å². The Balaban J connectivity index is 1.86. The lowest BCUT2D eigenvalue weighted by atomic mass is 9.93. The van der Waals surface area contributed by atoms with E-state index in [9.17, 15) is 4.79 Å². The lowest BCUT2D eigenvalue weighted by Crippen LogP contribution is -2.38. The summed E-state index contributed by atoms with van der Waals surface area (Å²) in [4.78, 5) is 14.5. The first-order chi connectivity index (χ1) is 9.70. The molecule has 2 aromatic rings. The fraction of sp³-hybridized carbons (Fsp3) is 0.312. The van der Waals surface area contributed by atoms with Crippen molar-refractivity contribution in [1.82, 2.24) is 4.90 Å². The Morgan fingerprint density at radius 2 is 2.25 bits per heavy atom. The van der Waals surface area contributed by atoms with Gasteiger partial charge in [0, 0.05) is 6.54 Å². The first-order valence-electron chi connectivity index (χ1n) is 6.87. The van der Waals surface area contributed by atoms with Crippen molar-refractivity contribution in [2.24, 2.45) is 5.73 Å². The van der Waals surface area contributed by atoms with E-state index in [2.05, 4.69) is 19.1 Å². The number of carbonyl (C=O) groups is 1. The Morgan fingerprint density at radius 3 is 3.00 bits per heavy atom. The second kappa shape index (κ2) is 5.13. The topological polar surface area (TPSA) is 59.5 Å². The molecule has 1 aromatic heterocycles. The molecule has 1 aromatic carbocycles. The first kappa shape index (κ1) is 12.9. The maximum absolute atomic E-state index is 12.6. The van der Waals surface area contributed by atoms with Crippen LogP contribution in [0.15, 0.2) is 41.0 Å². The number of amides is 1. The Labute approximate surface area is 118 Å². The van der Waals surface area contributed by atoms with Crippen LogP contribution in [0.2, 0.25) is 0 Å². The fourth-order valence-electron chi connectivity index (χ4n) is 2.81. The number of fused-ring (bicyclic) bond motifs is 1. The average Bonchev–Trinajstić information content (AvgIpc) is 2.96. The molecule has 1 aliphatic rings. The Kier molecular flexibility index (Phi) is 3.32. The highest BCUT2D eigenvalue weighted by atomic mass is 16.3. The van der Waals surface area contributed by atoms with Crippen LogP contribution in [0, 0.1) is 0 Å². The second-order valence-electron chi connectivity index (χ2n) is 5.13. The Morgan fingerprint density at radius 1 is 1.45 bits per heavy atom. The van der Waals surface area contributed by atoms with Crippen molar-refractivity contribution in [2.45, 2.75) is 25.9 Å². The van der Waals surface area contributed by atoms with Gasteiger partial charge in [0.2, 0.25) is 0 Å². The number of hydrogen-bond donors (Lipinski definition) is 1. The number of carbonyl (C=O) groups excluding carboxylic acids is 1. The minimum absolute atomic E-state index is 0.00968.